The van der Waals surface area contributed by atoms with Crippen LogP contribution >= 0.6 is 11.3 Å². The highest BCUT2D eigenvalue weighted by atomic mass is 32.1. The summed E-state index contributed by atoms with van der Waals surface area (Å²) in [7, 11) is 1.80. The predicted molar refractivity (Wildman–Crippen MR) is 110 cm³/mol. The van der Waals surface area contributed by atoms with Crippen LogP contribution in [0.5, 0.6) is 5.75 Å². The summed E-state index contributed by atoms with van der Waals surface area (Å²) in [4.78, 5) is 18.9. The number of amides is 1. The van der Waals surface area contributed by atoms with Crippen LogP contribution in [0.1, 0.15) is 29.9 Å². The van der Waals surface area contributed by atoms with Gasteiger partial charge in [-0.05, 0) is 35.7 Å². The molecule has 0 radical (unpaired) electrons. The lowest BCUT2D eigenvalue weighted by Gasteiger charge is -2.15. The van der Waals surface area contributed by atoms with Gasteiger partial charge in [-0.2, -0.15) is 0 Å². The number of carbonyl (C=O) groups is 1. The van der Waals surface area contributed by atoms with Crippen molar-refractivity contribution < 1.29 is 9.53 Å². The van der Waals surface area contributed by atoms with Crippen LogP contribution in [0.2, 0.25) is 0 Å². The monoisotopic (exact) mass is 380 g/mol. The number of nitrogens with zero attached hydrogens (tertiary/aromatic N) is 2. The molecule has 3 aromatic rings. The van der Waals surface area contributed by atoms with Gasteiger partial charge < -0.3 is 9.64 Å². The quantitative estimate of drug-likeness (QED) is 0.571. The van der Waals surface area contributed by atoms with Crippen LogP contribution in [0.15, 0.2) is 60.0 Å². The maximum atomic E-state index is 12.6. The zero-order chi connectivity index (χ0) is 19.2. The topological polar surface area (TPSA) is 42.4 Å². The molecule has 0 unspecified atom stereocenters. The Labute approximate surface area is 164 Å². The molecule has 27 heavy (non-hydrogen) atoms. The second kappa shape index (κ2) is 8.82. The fourth-order valence-corrected chi connectivity index (χ4v) is 3.39. The van der Waals surface area contributed by atoms with E-state index in [9.17, 15) is 4.79 Å². The Morgan fingerprint density at radius 1 is 1.11 bits per heavy atom. The SMILES string of the molecule is CC(C)COc1ccc(-c2nc(C(=O)N(C)Cc3ccccc3)cs2)cc1. The number of ether oxygens (including phenoxy) is 1. The van der Waals surface area contributed by atoms with E-state index in [4.69, 9.17) is 4.74 Å². The summed E-state index contributed by atoms with van der Waals surface area (Å²) in [5.74, 6) is 1.27. The number of rotatable bonds is 7. The van der Waals surface area contributed by atoms with E-state index in [2.05, 4.69) is 18.8 Å². The molecule has 140 valence electrons. The summed E-state index contributed by atoms with van der Waals surface area (Å²) in [5, 5.41) is 2.66. The molecule has 5 heteroatoms. The van der Waals surface area contributed by atoms with E-state index in [-0.39, 0.29) is 5.91 Å². The normalized spacial score (nSPS) is 10.8. The Balaban J connectivity index is 1.66. The minimum atomic E-state index is -0.0711. The van der Waals surface area contributed by atoms with Gasteiger partial charge in [0.05, 0.1) is 6.61 Å². The minimum absolute atomic E-state index is 0.0711. The van der Waals surface area contributed by atoms with Crippen LogP contribution < -0.4 is 4.74 Å². The van der Waals surface area contributed by atoms with E-state index in [1.54, 1.807) is 11.9 Å². The summed E-state index contributed by atoms with van der Waals surface area (Å²) >= 11 is 1.48. The first-order valence-electron chi connectivity index (χ1n) is 9.01. The highest BCUT2D eigenvalue weighted by Gasteiger charge is 2.16. The Morgan fingerprint density at radius 3 is 2.48 bits per heavy atom. The molecule has 2 aromatic carbocycles. The average Bonchev–Trinajstić information content (AvgIpc) is 3.17. The van der Waals surface area contributed by atoms with Gasteiger partial charge in [-0.3, -0.25) is 4.79 Å². The van der Waals surface area contributed by atoms with E-state index in [1.165, 1.54) is 11.3 Å². The Hall–Kier alpha value is -2.66. The molecule has 0 fully saturated rings. The molecular weight excluding hydrogens is 356 g/mol. The molecule has 4 nitrogen and oxygen atoms in total. The second-order valence-electron chi connectivity index (χ2n) is 6.91. The first-order valence-corrected chi connectivity index (χ1v) is 9.89. The fraction of sp³-hybridized carbons (Fsp3) is 0.273. The van der Waals surface area contributed by atoms with Gasteiger partial charge in [0.1, 0.15) is 16.5 Å². The summed E-state index contributed by atoms with van der Waals surface area (Å²) in [6, 6.07) is 17.8. The fourth-order valence-electron chi connectivity index (χ4n) is 2.59. The maximum Gasteiger partial charge on any atom is 0.273 e. The van der Waals surface area contributed by atoms with Crippen LogP contribution in [0, 0.1) is 5.92 Å². The van der Waals surface area contributed by atoms with Crippen LogP contribution in [0.25, 0.3) is 10.6 Å². The van der Waals surface area contributed by atoms with Gasteiger partial charge in [0.15, 0.2) is 0 Å². The third kappa shape index (κ3) is 5.17. The molecule has 0 spiro atoms. The predicted octanol–water partition coefficient (Wildman–Crippen LogP) is 5.12. The lowest BCUT2D eigenvalue weighted by atomic mass is 10.2. The number of benzene rings is 2. The standard InChI is InChI=1S/C22H24N2O2S/c1-16(2)14-26-19-11-9-18(10-12-19)21-23-20(15-27-21)22(25)24(3)13-17-7-5-4-6-8-17/h4-12,15-16H,13-14H2,1-3H3. The van der Waals surface area contributed by atoms with E-state index in [0.717, 1.165) is 21.9 Å². The molecule has 0 atom stereocenters. The smallest absolute Gasteiger partial charge is 0.273 e. The van der Waals surface area contributed by atoms with E-state index in [0.29, 0.717) is 24.8 Å². The molecule has 3 rings (SSSR count). The maximum absolute atomic E-state index is 12.6. The van der Waals surface area contributed by atoms with E-state index < -0.39 is 0 Å². The number of hydrogen-bond donors (Lipinski definition) is 0. The third-order valence-electron chi connectivity index (χ3n) is 4.02. The van der Waals surface area contributed by atoms with E-state index >= 15 is 0 Å². The lowest BCUT2D eigenvalue weighted by Crippen LogP contribution is -2.26. The van der Waals surface area contributed by atoms with Crippen molar-refractivity contribution in [2.75, 3.05) is 13.7 Å². The van der Waals surface area contributed by atoms with Crippen LogP contribution in [-0.2, 0) is 6.54 Å². The molecule has 0 bridgehead atoms. The zero-order valence-electron chi connectivity index (χ0n) is 15.9. The summed E-state index contributed by atoms with van der Waals surface area (Å²) in [6.07, 6.45) is 0. The molecule has 0 aliphatic carbocycles. The molecule has 1 heterocycles. The van der Waals surface area contributed by atoms with Gasteiger partial charge in [0.25, 0.3) is 5.91 Å². The Bertz CT molecular complexity index is 873. The van der Waals surface area contributed by atoms with Crippen molar-refractivity contribution in [3.63, 3.8) is 0 Å². The van der Waals surface area contributed by atoms with Crippen LogP contribution in [0.3, 0.4) is 0 Å². The van der Waals surface area contributed by atoms with Crippen LogP contribution in [-0.4, -0.2) is 29.4 Å². The molecule has 0 N–H and O–H groups in total. The largest absolute Gasteiger partial charge is 0.493 e. The molecule has 0 aliphatic rings. The molecular formula is C22H24N2O2S. The summed E-state index contributed by atoms with van der Waals surface area (Å²) < 4.78 is 5.71. The molecule has 0 aliphatic heterocycles. The number of aromatic nitrogens is 1. The molecule has 1 amide bonds. The van der Waals surface area contributed by atoms with Crippen molar-refractivity contribution in [3.05, 3.63) is 71.2 Å². The van der Waals surface area contributed by atoms with Crippen molar-refractivity contribution in [1.29, 1.82) is 0 Å². The zero-order valence-corrected chi connectivity index (χ0v) is 16.7. The van der Waals surface area contributed by atoms with Gasteiger partial charge in [-0.15, -0.1) is 11.3 Å². The van der Waals surface area contributed by atoms with Gasteiger partial charge in [-0.25, -0.2) is 4.98 Å². The highest BCUT2D eigenvalue weighted by Crippen LogP contribution is 2.26. The third-order valence-corrected chi connectivity index (χ3v) is 4.91. The molecule has 1 aromatic heterocycles. The van der Waals surface area contributed by atoms with E-state index in [1.807, 2.05) is 60.0 Å². The summed E-state index contributed by atoms with van der Waals surface area (Å²) in [5.41, 5.74) is 2.57. The molecule has 0 saturated heterocycles. The van der Waals surface area contributed by atoms with Gasteiger partial charge in [0.2, 0.25) is 0 Å². The number of carbonyl (C=O) groups excluding carboxylic acids is 1. The minimum Gasteiger partial charge on any atom is -0.493 e. The first kappa shape index (κ1) is 19.1. The Morgan fingerprint density at radius 2 is 1.81 bits per heavy atom. The van der Waals surface area contributed by atoms with Crippen molar-refractivity contribution in [2.24, 2.45) is 5.92 Å². The second-order valence-corrected chi connectivity index (χ2v) is 7.77. The first-order chi connectivity index (χ1) is 13.0. The Kier molecular flexibility index (Phi) is 6.24. The van der Waals surface area contributed by atoms with Crippen molar-refractivity contribution in [2.45, 2.75) is 20.4 Å². The molecule has 0 saturated carbocycles. The number of hydrogen-bond acceptors (Lipinski definition) is 4. The van der Waals surface area contributed by atoms with Crippen LogP contribution in [0.4, 0.5) is 0 Å². The lowest BCUT2D eigenvalue weighted by molar-refractivity contribution is 0.0780. The van der Waals surface area contributed by atoms with Crippen molar-refractivity contribution in [3.8, 4) is 16.3 Å². The van der Waals surface area contributed by atoms with Crippen molar-refractivity contribution in [1.82, 2.24) is 9.88 Å². The average molecular weight is 381 g/mol. The number of thiazole rings is 1. The van der Waals surface area contributed by atoms with Gasteiger partial charge in [-0.1, -0.05) is 44.2 Å². The van der Waals surface area contributed by atoms with Crippen molar-refractivity contribution >= 4 is 17.2 Å². The van der Waals surface area contributed by atoms with Gasteiger partial charge in [0, 0.05) is 24.5 Å². The van der Waals surface area contributed by atoms with Gasteiger partial charge >= 0.3 is 0 Å². The highest BCUT2D eigenvalue weighted by molar-refractivity contribution is 7.13. The summed E-state index contributed by atoms with van der Waals surface area (Å²) in [6.45, 7) is 5.51.